The highest BCUT2D eigenvalue weighted by Crippen LogP contribution is 2.21. The van der Waals surface area contributed by atoms with Crippen molar-refractivity contribution in [1.82, 2.24) is 20.1 Å². The number of amides is 2. The summed E-state index contributed by atoms with van der Waals surface area (Å²) in [6.07, 6.45) is 3.77. The van der Waals surface area contributed by atoms with Gasteiger partial charge in [-0.05, 0) is 39.8 Å². The van der Waals surface area contributed by atoms with Gasteiger partial charge in [-0.1, -0.05) is 27.2 Å². The molecule has 2 amide bonds. The standard InChI is InChI=1S/C20H34N4O2S/c1-6-9-14(3)20(26)24-11-8-10-16(12-24)22-18(25)19-21-15(4)17(27-19)13-23(5)7-2/h14,16H,6-13H2,1-5H3,(H,22,25)/t14?,16-/m0/s1. The van der Waals surface area contributed by atoms with Crippen molar-refractivity contribution in [2.45, 2.75) is 66.0 Å². The van der Waals surface area contributed by atoms with Crippen LogP contribution in [0.2, 0.25) is 0 Å². The lowest BCUT2D eigenvalue weighted by Gasteiger charge is -2.34. The van der Waals surface area contributed by atoms with Gasteiger partial charge < -0.3 is 15.1 Å². The number of aromatic nitrogens is 1. The Labute approximate surface area is 167 Å². The van der Waals surface area contributed by atoms with Gasteiger partial charge in [-0.15, -0.1) is 11.3 Å². The van der Waals surface area contributed by atoms with E-state index in [9.17, 15) is 9.59 Å². The fourth-order valence-corrected chi connectivity index (χ4v) is 4.49. The topological polar surface area (TPSA) is 65.5 Å². The molecule has 1 unspecified atom stereocenters. The van der Waals surface area contributed by atoms with Crippen LogP contribution in [0.5, 0.6) is 0 Å². The molecule has 152 valence electrons. The van der Waals surface area contributed by atoms with E-state index in [1.807, 2.05) is 18.7 Å². The number of carbonyl (C=O) groups excluding carboxylic acids is 2. The Balaban J connectivity index is 1.95. The molecule has 1 aliphatic heterocycles. The molecule has 0 bridgehead atoms. The molecule has 0 spiro atoms. The van der Waals surface area contributed by atoms with E-state index in [2.05, 4.69) is 36.1 Å². The summed E-state index contributed by atoms with van der Waals surface area (Å²) in [7, 11) is 2.06. The Morgan fingerprint density at radius 1 is 1.41 bits per heavy atom. The number of carbonyl (C=O) groups is 2. The van der Waals surface area contributed by atoms with Crippen molar-refractivity contribution in [2.75, 3.05) is 26.7 Å². The monoisotopic (exact) mass is 394 g/mol. The Hall–Kier alpha value is -1.47. The molecule has 1 aromatic heterocycles. The quantitative estimate of drug-likeness (QED) is 0.736. The lowest BCUT2D eigenvalue weighted by molar-refractivity contribution is -0.136. The van der Waals surface area contributed by atoms with Gasteiger partial charge in [-0.25, -0.2) is 4.98 Å². The lowest BCUT2D eigenvalue weighted by atomic mass is 10.0. The molecule has 0 aromatic carbocycles. The van der Waals surface area contributed by atoms with Gasteiger partial charge in [0.2, 0.25) is 5.91 Å². The van der Waals surface area contributed by atoms with Crippen LogP contribution in [-0.2, 0) is 11.3 Å². The minimum atomic E-state index is -0.116. The number of rotatable bonds is 8. The van der Waals surface area contributed by atoms with E-state index in [1.54, 1.807) is 0 Å². The van der Waals surface area contributed by atoms with Crippen LogP contribution in [0.4, 0.5) is 0 Å². The van der Waals surface area contributed by atoms with Gasteiger partial charge in [0.1, 0.15) is 0 Å². The van der Waals surface area contributed by atoms with Crippen LogP contribution in [0.1, 0.15) is 66.8 Å². The molecular weight excluding hydrogens is 360 g/mol. The van der Waals surface area contributed by atoms with Crippen molar-refractivity contribution >= 4 is 23.2 Å². The maximum Gasteiger partial charge on any atom is 0.280 e. The molecule has 0 radical (unpaired) electrons. The fourth-order valence-electron chi connectivity index (χ4n) is 3.44. The Bertz CT molecular complexity index is 646. The highest BCUT2D eigenvalue weighted by atomic mass is 32.1. The highest BCUT2D eigenvalue weighted by molar-refractivity contribution is 7.13. The minimum Gasteiger partial charge on any atom is -0.345 e. The second kappa shape index (κ2) is 10.2. The summed E-state index contributed by atoms with van der Waals surface area (Å²) in [5.74, 6) is 0.157. The van der Waals surface area contributed by atoms with Crippen molar-refractivity contribution in [3.8, 4) is 0 Å². The minimum absolute atomic E-state index is 0.00926. The number of aryl methyl sites for hydroxylation is 1. The van der Waals surface area contributed by atoms with Gasteiger partial charge >= 0.3 is 0 Å². The van der Waals surface area contributed by atoms with Crippen molar-refractivity contribution in [2.24, 2.45) is 5.92 Å². The SMILES string of the molecule is CCCC(C)C(=O)N1CCC[C@H](NC(=O)c2nc(C)c(CN(C)CC)s2)C1. The van der Waals surface area contributed by atoms with Crippen LogP contribution in [0.25, 0.3) is 0 Å². The largest absolute Gasteiger partial charge is 0.345 e. The van der Waals surface area contributed by atoms with Crippen LogP contribution >= 0.6 is 11.3 Å². The molecule has 2 heterocycles. The van der Waals surface area contributed by atoms with Crippen LogP contribution in [-0.4, -0.2) is 59.3 Å². The van der Waals surface area contributed by atoms with Crippen LogP contribution < -0.4 is 5.32 Å². The summed E-state index contributed by atoms with van der Waals surface area (Å²) in [5.41, 5.74) is 0.930. The summed E-state index contributed by atoms with van der Waals surface area (Å²) in [6, 6.07) is 0.00926. The van der Waals surface area contributed by atoms with Crippen molar-refractivity contribution in [3.63, 3.8) is 0 Å². The molecule has 7 heteroatoms. The first-order chi connectivity index (χ1) is 12.8. The van der Waals surface area contributed by atoms with Crippen LogP contribution in [0.3, 0.4) is 0 Å². The summed E-state index contributed by atoms with van der Waals surface area (Å²) in [5, 5.41) is 3.62. The number of piperidine rings is 1. The van der Waals surface area contributed by atoms with Gasteiger partial charge in [-0.2, -0.15) is 0 Å². The summed E-state index contributed by atoms with van der Waals surface area (Å²) in [6.45, 7) is 11.4. The molecule has 2 atom stereocenters. The second-order valence-corrected chi connectivity index (χ2v) is 8.73. The lowest BCUT2D eigenvalue weighted by Crippen LogP contribution is -2.50. The number of nitrogens with zero attached hydrogens (tertiary/aromatic N) is 3. The van der Waals surface area contributed by atoms with Crippen LogP contribution in [0.15, 0.2) is 0 Å². The maximum atomic E-state index is 12.7. The van der Waals surface area contributed by atoms with E-state index < -0.39 is 0 Å². The van der Waals surface area contributed by atoms with E-state index in [0.717, 1.165) is 55.9 Å². The molecule has 0 aliphatic carbocycles. The van der Waals surface area contributed by atoms with Gasteiger partial charge in [0, 0.05) is 36.5 Å². The summed E-state index contributed by atoms with van der Waals surface area (Å²) >= 11 is 1.47. The van der Waals surface area contributed by atoms with Crippen molar-refractivity contribution < 1.29 is 9.59 Å². The Morgan fingerprint density at radius 2 is 2.15 bits per heavy atom. The first-order valence-corrected chi connectivity index (χ1v) is 10.9. The summed E-state index contributed by atoms with van der Waals surface area (Å²) in [4.78, 5) is 35.0. The molecule has 1 saturated heterocycles. The molecule has 1 N–H and O–H groups in total. The number of hydrogen-bond donors (Lipinski definition) is 1. The maximum absolute atomic E-state index is 12.7. The number of thiazole rings is 1. The Morgan fingerprint density at radius 3 is 2.81 bits per heavy atom. The van der Waals surface area contributed by atoms with E-state index in [0.29, 0.717) is 11.6 Å². The first kappa shape index (κ1) is 21.8. The molecule has 1 fully saturated rings. The normalized spacial score (nSPS) is 18.6. The zero-order chi connectivity index (χ0) is 20.0. The zero-order valence-electron chi connectivity index (χ0n) is 17.4. The molecule has 1 aromatic rings. The molecule has 27 heavy (non-hydrogen) atoms. The average Bonchev–Trinajstić information content (AvgIpc) is 3.02. The van der Waals surface area contributed by atoms with Gasteiger partial charge in [0.05, 0.1) is 5.69 Å². The zero-order valence-corrected chi connectivity index (χ0v) is 18.2. The van der Waals surface area contributed by atoms with Crippen molar-refractivity contribution in [1.29, 1.82) is 0 Å². The number of likely N-dealkylation sites (tertiary alicyclic amines) is 1. The Kier molecular flexibility index (Phi) is 8.23. The average molecular weight is 395 g/mol. The third-order valence-electron chi connectivity index (χ3n) is 5.25. The van der Waals surface area contributed by atoms with E-state index in [1.165, 1.54) is 11.3 Å². The van der Waals surface area contributed by atoms with Gasteiger partial charge in [0.25, 0.3) is 5.91 Å². The van der Waals surface area contributed by atoms with Crippen molar-refractivity contribution in [3.05, 3.63) is 15.6 Å². The molecule has 0 saturated carbocycles. The predicted molar refractivity (Wildman–Crippen MR) is 110 cm³/mol. The second-order valence-electron chi connectivity index (χ2n) is 7.64. The van der Waals surface area contributed by atoms with Gasteiger partial charge in [0.15, 0.2) is 5.01 Å². The van der Waals surface area contributed by atoms with E-state index in [4.69, 9.17) is 0 Å². The third kappa shape index (κ3) is 6.01. The third-order valence-corrected chi connectivity index (χ3v) is 6.39. The number of nitrogens with one attached hydrogen (secondary N) is 1. The van der Waals surface area contributed by atoms with E-state index >= 15 is 0 Å². The molecule has 2 rings (SSSR count). The first-order valence-electron chi connectivity index (χ1n) is 10.1. The highest BCUT2D eigenvalue weighted by Gasteiger charge is 2.28. The fraction of sp³-hybridized carbons (Fsp3) is 0.750. The smallest absolute Gasteiger partial charge is 0.280 e. The molecular formula is C20H34N4O2S. The van der Waals surface area contributed by atoms with E-state index in [-0.39, 0.29) is 23.8 Å². The molecule has 6 nitrogen and oxygen atoms in total. The molecule has 1 aliphatic rings. The van der Waals surface area contributed by atoms with Gasteiger partial charge in [-0.3, -0.25) is 9.59 Å². The van der Waals surface area contributed by atoms with Crippen LogP contribution in [0, 0.1) is 12.8 Å². The number of hydrogen-bond acceptors (Lipinski definition) is 5. The predicted octanol–water partition coefficient (Wildman–Crippen LogP) is 3.06. The summed E-state index contributed by atoms with van der Waals surface area (Å²) < 4.78 is 0.